The van der Waals surface area contributed by atoms with Crippen LogP contribution in [0, 0.1) is 13.8 Å². The number of hydrogen-bond acceptors (Lipinski definition) is 4. The molecule has 6 nitrogen and oxygen atoms in total. The first-order valence-corrected chi connectivity index (χ1v) is 11.1. The molecule has 152 valence electrons. The van der Waals surface area contributed by atoms with Gasteiger partial charge < -0.3 is 10.1 Å². The molecule has 28 heavy (non-hydrogen) atoms. The van der Waals surface area contributed by atoms with Gasteiger partial charge in [0.25, 0.3) is 0 Å². The predicted octanol–water partition coefficient (Wildman–Crippen LogP) is 3.31. The highest BCUT2D eigenvalue weighted by molar-refractivity contribution is 7.92. The molecule has 0 aromatic heterocycles. The van der Waals surface area contributed by atoms with E-state index in [9.17, 15) is 13.2 Å². The summed E-state index contributed by atoms with van der Waals surface area (Å²) in [6.07, 6.45) is 1.06. The number of amides is 1. The average Bonchev–Trinajstić information content (AvgIpc) is 2.62. The van der Waals surface area contributed by atoms with Crippen LogP contribution in [0.3, 0.4) is 0 Å². The third kappa shape index (κ3) is 5.62. The molecule has 0 saturated heterocycles. The molecule has 0 radical (unpaired) electrons. The number of ether oxygens (including phenoxy) is 1. The van der Waals surface area contributed by atoms with E-state index in [1.165, 1.54) is 6.92 Å². The quantitative estimate of drug-likeness (QED) is 0.659. The minimum absolute atomic E-state index is 0.259. The number of halogens is 1. The molecule has 0 spiro atoms. The maximum absolute atomic E-state index is 12.5. The van der Waals surface area contributed by atoms with Gasteiger partial charge in [-0.1, -0.05) is 23.7 Å². The normalized spacial score (nSPS) is 12.3. The third-order valence-corrected chi connectivity index (χ3v) is 5.88. The maximum atomic E-state index is 12.5. The molecule has 0 saturated carbocycles. The topological polar surface area (TPSA) is 75.7 Å². The van der Waals surface area contributed by atoms with Gasteiger partial charge in [-0.3, -0.25) is 9.10 Å². The Labute approximate surface area is 171 Å². The Balaban J connectivity index is 1.99. The van der Waals surface area contributed by atoms with E-state index < -0.39 is 22.0 Å². The zero-order chi connectivity index (χ0) is 20.9. The summed E-state index contributed by atoms with van der Waals surface area (Å²) in [5, 5.41) is 3.21. The minimum Gasteiger partial charge on any atom is -0.491 e. The molecule has 0 aliphatic carbocycles. The standard InChI is InChI=1S/C20H25ClN2O4S/c1-14-6-5-7-19(15(14)2)27-13-12-22-20(24)16(3)23(28(4,25)26)18-10-8-17(21)9-11-18/h5-11,16H,12-13H2,1-4H3,(H,22,24)/t16-/m1/s1. The van der Waals surface area contributed by atoms with Gasteiger partial charge in [-0.25, -0.2) is 8.42 Å². The molecule has 0 unspecified atom stereocenters. The van der Waals surface area contributed by atoms with Gasteiger partial charge in [0, 0.05) is 5.02 Å². The fourth-order valence-corrected chi connectivity index (χ4v) is 4.06. The van der Waals surface area contributed by atoms with Gasteiger partial charge in [0.15, 0.2) is 0 Å². The number of carbonyl (C=O) groups excluding carboxylic acids is 1. The number of hydrogen-bond donors (Lipinski definition) is 1. The number of nitrogens with zero attached hydrogens (tertiary/aromatic N) is 1. The number of carbonyl (C=O) groups is 1. The molecule has 2 aromatic carbocycles. The van der Waals surface area contributed by atoms with Crippen LogP contribution in [0.25, 0.3) is 0 Å². The molecule has 1 atom stereocenters. The lowest BCUT2D eigenvalue weighted by molar-refractivity contribution is -0.121. The molecular weight excluding hydrogens is 400 g/mol. The van der Waals surface area contributed by atoms with E-state index >= 15 is 0 Å². The van der Waals surface area contributed by atoms with Crippen LogP contribution >= 0.6 is 11.6 Å². The zero-order valence-corrected chi connectivity index (χ0v) is 18.0. The van der Waals surface area contributed by atoms with E-state index in [4.69, 9.17) is 16.3 Å². The summed E-state index contributed by atoms with van der Waals surface area (Å²) in [6.45, 7) is 6.05. The summed E-state index contributed by atoms with van der Waals surface area (Å²) in [7, 11) is -3.66. The highest BCUT2D eigenvalue weighted by Crippen LogP contribution is 2.23. The zero-order valence-electron chi connectivity index (χ0n) is 16.4. The van der Waals surface area contributed by atoms with Crippen LogP contribution in [-0.4, -0.2) is 39.8 Å². The number of rotatable bonds is 8. The van der Waals surface area contributed by atoms with Crippen LogP contribution < -0.4 is 14.4 Å². The minimum atomic E-state index is -3.66. The Morgan fingerprint density at radius 3 is 2.43 bits per heavy atom. The van der Waals surface area contributed by atoms with Crippen molar-refractivity contribution in [3.63, 3.8) is 0 Å². The van der Waals surface area contributed by atoms with Crippen LogP contribution in [0.1, 0.15) is 18.1 Å². The number of benzene rings is 2. The first-order chi connectivity index (χ1) is 13.1. The van der Waals surface area contributed by atoms with E-state index in [0.29, 0.717) is 10.7 Å². The monoisotopic (exact) mass is 424 g/mol. The fraction of sp³-hybridized carbons (Fsp3) is 0.350. The molecule has 0 heterocycles. The van der Waals surface area contributed by atoms with Gasteiger partial charge in [0.05, 0.1) is 18.5 Å². The Morgan fingerprint density at radius 2 is 1.82 bits per heavy atom. The van der Waals surface area contributed by atoms with E-state index in [1.54, 1.807) is 24.3 Å². The highest BCUT2D eigenvalue weighted by atomic mass is 35.5. The van der Waals surface area contributed by atoms with E-state index in [1.807, 2.05) is 32.0 Å². The van der Waals surface area contributed by atoms with Crippen LogP contribution in [0.15, 0.2) is 42.5 Å². The van der Waals surface area contributed by atoms with E-state index in [-0.39, 0.29) is 13.2 Å². The van der Waals surface area contributed by atoms with Crippen LogP contribution in [0.2, 0.25) is 5.02 Å². The smallest absolute Gasteiger partial charge is 0.243 e. The summed E-state index contributed by atoms with van der Waals surface area (Å²) in [6, 6.07) is 11.2. The Hall–Kier alpha value is -2.25. The van der Waals surface area contributed by atoms with E-state index in [2.05, 4.69) is 5.32 Å². The second kappa shape index (κ2) is 9.30. The molecule has 2 aromatic rings. The van der Waals surface area contributed by atoms with Crippen molar-refractivity contribution in [3.8, 4) is 5.75 Å². The van der Waals surface area contributed by atoms with Crippen molar-refractivity contribution in [1.82, 2.24) is 5.32 Å². The van der Waals surface area contributed by atoms with Gasteiger partial charge >= 0.3 is 0 Å². The number of sulfonamides is 1. The summed E-state index contributed by atoms with van der Waals surface area (Å²) >= 11 is 5.87. The third-order valence-electron chi connectivity index (χ3n) is 4.38. The maximum Gasteiger partial charge on any atom is 0.243 e. The molecule has 0 bridgehead atoms. The molecular formula is C20H25ClN2O4S. The van der Waals surface area contributed by atoms with Crippen molar-refractivity contribution in [2.75, 3.05) is 23.7 Å². The van der Waals surface area contributed by atoms with Gasteiger partial charge in [-0.15, -0.1) is 0 Å². The molecule has 1 N–H and O–H groups in total. The second-order valence-electron chi connectivity index (χ2n) is 6.55. The highest BCUT2D eigenvalue weighted by Gasteiger charge is 2.28. The summed E-state index contributed by atoms with van der Waals surface area (Å²) in [4.78, 5) is 12.5. The summed E-state index contributed by atoms with van der Waals surface area (Å²) < 4.78 is 31.3. The van der Waals surface area contributed by atoms with Gasteiger partial charge in [-0.2, -0.15) is 0 Å². The van der Waals surface area contributed by atoms with E-state index in [0.717, 1.165) is 27.4 Å². The number of nitrogens with one attached hydrogen (secondary N) is 1. The Bertz CT molecular complexity index is 930. The second-order valence-corrected chi connectivity index (χ2v) is 8.84. The van der Waals surface area contributed by atoms with Crippen molar-refractivity contribution in [3.05, 3.63) is 58.6 Å². The molecule has 8 heteroatoms. The number of anilines is 1. The molecule has 1 amide bonds. The van der Waals surface area contributed by atoms with Crippen molar-refractivity contribution >= 4 is 33.2 Å². The van der Waals surface area contributed by atoms with Crippen molar-refractivity contribution in [2.24, 2.45) is 0 Å². The molecule has 0 aliphatic heterocycles. The molecule has 0 fully saturated rings. The predicted molar refractivity (Wildman–Crippen MR) is 113 cm³/mol. The van der Waals surface area contributed by atoms with Crippen molar-refractivity contribution in [1.29, 1.82) is 0 Å². The summed E-state index contributed by atoms with van der Waals surface area (Å²) in [5.74, 6) is 0.353. The van der Waals surface area contributed by atoms with Crippen LogP contribution in [0.5, 0.6) is 5.75 Å². The molecule has 0 aliphatic rings. The molecule has 2 rings (SSSR count). The Morgan fingerprint density at radius 1 is 1.18 bits per heavy atom. The summed E-state index contributed by atoms with van der Waals surface area (Å²) in [5.41, 5.74) is 2.55. The lowest BCUT2D eigenvalue weighted by Crippen LogP contribution is -2.48. The van der Waals surface area contributed by atoms with Crippen molar-refractivity contribution in [2.45, 2.75) is 26.8 Å². The first kappa shape index (κ1) is 22.0. The largest absolute Gasteiger partial charge is 0.491 e. The lowest BCUT2D eigenvalue weighted by atomic mass is 10.1. The van der Waals surface area contributed by atoms with Crippen LogP contribution in [0.4, 0.5) is 5.69 Å². The fourth-order valence-electron chi connectivity index (χ4n) is 2.76. The van der Waals surface area contributed by atoms with Gasteiger partial charge in [-0.05, 0) is 62.2 Å². The van der Waals surface area contributed by atoms with Crippen molar-refractivity contribution < 1.29 is 17.9 Å². The van der Waals surface area contributed by atoms with Gasteiger partial charge in [0.2, 0.25) is 15.9 Å². The first-order valence-electron chi connectivity index (χ1n) is 8.83. The SMILES string of the molecule is Cc1cccc(OCCNC(=O)[C@@H](C)N(c2ccc(Cl)cc2)S(C)(=O)=O)c1C. The average molecular weight is 425 g/mol. The van der Waals surface area contributed by atoms with Gasteiger partial charge in [0.1, 0.15) is 18.4 Å². The Kier molecular flexibility index (Phi) is 7.32. The van der Waals surface area contributed by atoms with Crippen LogP contribution in [-0.2, 0) is 14.8 Å². The lowest BCUT2D eigenvalue weighted by Gasteiger charge is -2.28. The number of aryl methyl sites for hydroxylation is 1.